The third-order valence-electron chi connectivity index (χ3n) is 9.36. The number of carbonyl (C=O) groups excluding carboxylic acids is 5. The highest BCUT2D eigenvalue weighted by molar-refractivity contribution is 6.00. The summed E-state index contributed by atoms with van der Waals surface area (Å²) in [5, 5.41) is 1.42. The lowest BCUT2D eigenvalue weighted by molar-refractivity contribution is -0.173. The highest BCUT2D eigenvalue weighted by Gasteiger charge is 2.38. The van der Waals surface area contributed by atoms with Crippen molar-refractivity contribution in [3.8, 4) is 0 Å². The van der Waals surface area contributed by atoms with Crippen LogP contribution in [0.3, 0.4) is 0 Å². The maximum absolute atomic E-state index is 14.6. The first kappa shape index (κ1) is 44.9. The fourth-order valence-electron chi connectivity index (χ4n) is 6.20. The average Bonchev–Trinajstić information content (AvgIpc) is 3.27. The molecule has 4 aromatic rings. The molecule has 6 rings (SSSR count). The molecule has 18 heteroatoms. The molecule has 4 aromatic carbocycles. The number of alkyl halides is 3. The van der Waals surface area contributed by atoms with Crippen molar-refractivity contribution in [1.82, 2.24) is 15.1 Å². The number of anilines is 2. The number of halogens is 5. The summed E-state index contributed by atoms with van der Waals surface area (Å²) >= 11 is 0. The van der Waals surface area contributed by atoms with Crippen LogP contribution in [0.4, 0.5) is 42.9 Å². The quantitative estimate of drug-likeness (QED) is 0.147. The van der Waals surface area contributed by atoms with Crippen molar-refractivity contribution >= 4 is 40.9 Å². The molecule has 2 fully saturated rings. The van der Waals surface area contributed by atoms with Crippen LogP contribution in [0.1, 0.15) is 31.8 Å². The molecule has 0 radical (unpaired) electrons. The van der Waals surface area contributed by atoms with Gasteiger partial charge in [0.2, 0.25) is 0 Å². The van der Waals surface area contributed by atoms with Crippen molar-refractivity contribution in [2.75, 3.05) is 75.5 Å². The molecule has 2 heterocycles. The van der Waals surface area contributed by atoms with E-state index in [0.717, 1.165) is 17.8 Å². The van der Waals surface area contributed by atoms with Gasteiger partial charge in [-0.3, -0.25) is 24.2 Å². The number of rotatable bonds is 11. The lowest BCUT2D eigenvalue weighted by Crippen LogP contribution is -2.48. The lowest BCUT2D eigenvalue weighted by Gasteiger charge is -2.33. The Morgan fingerprint density at radius 2 is 1.02 bits per heavy atom. The number of nitrogens with one attached hydrogen (secondary N) is 1. The smallest absolute Gasteiger partial charge is 0.378 e. The van der Waals surface area contributed by atoms with Crippen molar-refractivity contribution < 1.29 is 55.4 Å². The van der Waals surface area contributed by atoms with Gasteiger partial charge in [-0.1, -0.05) is 48.5 Å². The molecule has 0 bridgehead atoms. The zero-order valence-corrected chi connectivity index (χ0v) is 32.3. The predicted molar refractivity (Wildman–Crippen MR) is 210 cm³/mol. The highest BCUT2D eigenvalue weighted by atomic mass is 19.4. The average molecular weight is 839 g/mol. The second kappa shape index (κ2) is 21.1. The van der Waals surface area contributed by atoms with Gasteiger partial charge in [-0.15, -0.1) is 0 Å². The van der Waals surface area contributed by atoms with Gasteiger partial charge in [0.25, 0.3) is 0 Å². The molecule has 3 N–H and O–H groups in total. The number of ether oxygens (including phenoxy) is 2. The van der Waals surface area contributed by atoms with E-state index in [1.54, 1.807) is 51.1 Å². The molecule has 0 saturated carbocycles. The van der Waals surface area contributed by atoms with Crippen LogP contribution in [0.2, 0.25) is 0 Å². The Kier molecular flexibility index (Phi) is 15.8. The van der Waals surface area contributed by atoms with Crippen LogP contribution < -0.4 is 20.9 Å². The summed E-state index contributed by atoms with van der Waals surface area (Å²) in [6.07, 6.45) is -5.14. The summed E-state index contributed by atoms with van der Waals surface area (Å²) < 4.78 is 76.2. The third kappa shape index (κ3) is 12.2. The number of morpholine rings is 2. The summed E-state index contributed by atoms with van der Waals surface area (Å²) in [5.41, 5.74) is 7.07. The van der Waals surface area contributed by atoms with E-state index in [1.165, 1.54) is 28.4 Å². The molecule has 2 aliphatic rings. The fraction of sp³-hybridized carbons (Fsp3) is 0.310. The van der Waals surface area contributed by atoms with Crippen molar-refractivity contribution in [2.45, 2.75) is 19.3 Å². The van der Waals surface area contributed by atoms with E-state index in [2.05, 4.69) is 0 Å². The van der Waals surface area contributed by atoms with E-state index in [1.807, 2.05) is 30.3 Å². The minimum absolute atomic E-state index is 0.00357. The normalized spacial score (nSPS) is 14.0. The molecule has 318 valence electrons. The SMILES string of the molecule is NCC(=O)c1ccc(CN(C(=O)N2CCOCC2)c2ccccc2)cc1F.O=C(CNC(=O)C(F)(F)F)c1ccc(CN(C(=O)N2CCOCC2)c2ccccc2)cc1F. The Morgan fingerprint density at radius 1 is 0.617 bits per heavy atom. The van der Waals surface area contributed by atoms with Crippen LogP contribution in [0.15, 0.2) is 97.1 Å². The van der Waals surface area contributed by atoms with Crippen LogP contribution in [-0.4, -0.2) is 111 Å². The summed E-state index contributed by atoms with van der Waals surface area (Å²) in [6.45, 7) is 2.60. The standard InChI is InChI=1S/C22H21F4N3O4.C20H22FN3O3/c23-18-12-15(6-7-17(18)19(30)13-27-20(31)22(24,25)26)14-29(16-4-2-1-3-5-16)21(32)28-8-10-33-11-9-28;21-18-12-15(6-7-17(18)19(25)13-22)14-24(16-4-2-1-3-5-16)20(26)23-8-10-27-11-9-23/h1-7,12H,8-11,13-14H2,(H,27,31);1-7,12H,8-11,13-14,22H2. The number of hydrogen-bond acceptors (Lipinski definition) is 8. The van der Waals surface area contributed by atoms with Crippen molar-refractivity contribution in [3.63, 3.8) is 0 Å². The Morgan fingerprint density at radius 3 is 1.38 bits per heavy atom. The third-order valence-corrected chi connectivity index (χ3v) is 9.36. The molecule has 0 atom stereocenters. The second-order valence-electron chi connectivity index (χ2n) is 13.5. The minimum Gasteiger partial charge on any atom is -0.378 e. The monoisotopic (exact) mass is 838 g/mol. The van der Waals surface area contributed by atoms with E-state index in [4.69, 9.17) is 15.2 Å². The highest BCUT2D eigenvalue weighted by Crippen LogP contribution is 2.23. The van der Waals surface area contributed by atoms with Gasteiger partial charge in [0.15, 0.2) is 11.6 Å². The van der Waals surface area contributed by atoms with Gasteiger partial charge in [-0.2, -0.15) is 13.2 Å². The zero-order valence-electron chi connectivity index (χ0n) is 32.3. The Bertz CT molecular complexity index is 2120. The van der Waals surface area contributed by atoms with Gasteiger partial charge in [0.1, 0.15) is 11.6 Å². The maximum atomic E-state index is 14.6. The van der Waals surface area contributed by atoms with Crippen LogP contribution in [0.25, 0.3) is 0 Å². The summed E-state index contributed by atoms with van der Waals surface area (Å²) in [4.78, 5) is 67.1. The number of urea groups is 2. The minimum atomic E-state index is -5.14. The van der Waals surface area contributed by atoms with Gasteiger partial charge in [-0.25, -0.2) is 18.4 Å². The van der Waals surface area contributed by atoms with E-state index in [9.17, 15) is 45.9 Å². The van der Waals surface area contributed by atoms with Gasteiger partial charge in [-0.05, 0) is 59.7 Å². The van der Waals surface area contributed by atoms with Gasteiger partial charge >= 0.3 is 24.1 Å². The predicted octanol–water partition coefficient (Wildman–Crippen LogP) is 5.57. The van der Waals surface area contributed by atoms with Crippen LogP contribution in [0, 0.1) is 11.6 Å². The first-order chi connectivity index (χ1) is 28.8. The molecule has 13 nitrogen and oxygen atoms in total. The van der Waals surface area contributed by atoms with Crippen LogP contribution in [-0.2, 0) is 27.4 Å². The Labute approximate surface area is 342 Å². The maximum Gasteiger partial charge on any atom is 0.471 e. The topological polar surface area (TPSA) is 155 Å². The molecule has 60 heavy (non-hydrogen) atoms. The Hall–Kier alpha value is -6.24. The number of nitrogens with two attached hydrogens (primary N) is 1. The van der Waals surface area contributed by atoms with E-state index >= 15 is 0 Å². The van der Waals surface area contributed by atoms with Crippen molar-refractivity contribution in [3.05, 3.63) is 131 Å². The summed E-state index contributed by atoms with van der Waals surface area (Å²) in [7, 11) is 0. The molecule has 0 spiro atoms. The first-order valence-electron chi connectivity index (χ1n) is 18.8. The van der Waals surface area contributed by atoms with Crippen molar-refractivity contribution in [1.29, 1.82) is 0 Å². The van der Waals surface area contributed by atoms with E-state index < -0.39 is 47.4 Å². The van der Waals surface area contributed by atoms with Crippen LogP contribution in [0.5, 0.6) is 0 Å². The molecule has 0 aliphatic carbocycles. The second-order valence-corrected chi connectivity index (χ2v) is 13.5. The zero-order chi connectivity index (χ0) is 43.2. The number of benzene rings is 4. The first-order valence-corrected chi connectivity index (χ1v) is 18.8. The molecule has 5 amide bonds. The molecule has 0 unspecified atom stereocenters. The van der Waals surface area contributed by atoms with E-state index in [0.29, 0.717) is 69.4 Å². The van der Waals surface area contributed by atoms with Crippen molar-refractivity contribution in [2.24, 2.45) is 5.73 Å². The number of hydrogen-bond donors (Lipinski definition) is 2. The molecular formula is C42H43F5N6O7. The number of amides is 5. The van der Waals surface area contributed by atoms with Crippen LogP contribution >= 0.6 is 0 Å². The summed E-state index contributed by atoms with van der Waals surface area (Å²) in [6, 6.07) is 25.5. The van der Waals surface area contributed by atoms with Gasteiger partial charge < -0.3 is 30.3 Å². The molecule has 2 aliphatic heterocycles. The number of Topliss-reactive ketones (excluding diaryl/α,β-unsaturated/α-hetero) is 2. The number of nitrogens with zero attached hydrogens (tertiary/aromatic N) is 4. The molecular weight excluding hydrogens is 795 g/mol. The molecule has 0 aromatic heterocycles. The number of para-hydroxylation sites is 2. The summed E-state index contributed by atoms with van der Waals surface area (Å²) in [5.74, 6) is -5.35. The largest absolute Gasteiger partial charge is 0.471 e. The lowest BCUT2D eigenvalue weighted by atomic mass is 10.1. The van der Waals surface area contributed by atoms with Gasteiger partial charge in [0.05, 0.1) is 63.7 Å². The van der Waals surface area contributed by atoms with Gasteiger partial charge in [0, 0.05) is 37.6 Å². The fourth-order valence-corrected chi connectivity index (χ4v) is 6.20. The number of carbonyl (C=O) groups is 5. The Balaban J connectivity index is 0.000000232. The number of ketones is 2. The molecule has 2 saturated heterocycles. The van der Waals surface area contributed by atoms with E-state index in [-0.39, 0.29) is 37.3 Å².